The van der Waals surface area contributed by atoms with E-state index in [0.29, 0.717) is 41.7 Å². The molecule has 176 valence electrons. The van der Waals surface area contributed by atoms with Gasteiger partial charge in [-0.05, 0) is 48.8 Å². The van der Waals surface area contributed by atoms with Crippen LogP contribution in [0.25, 0.3) is 16.8 Å². The number of aromatic nitrogens is 2. The van der Waals surface area contributed by atoms with E-state index in [0.717, 1.165) is 18.6 Å². The number of allylic oxidation sites excluding steroid dienone is 5. The average molecular weight is 468 g/mol. The number of halogens is 6. The Morgan fingerprint density at radius 3 is 2.21 bits per heavy atom. The van der Waals surface area contributed by atoms with Crippen molar-refractivity contribution in [1.29, 1.82) is 0 Å². The molecule has 1 aromatic heterocycles. The standard InChI is InChI=1S/C24H22F6N2O/c1-3-6-17-8-5-9-18(23(25,26)27)14-22(17)32-15-20(21(31-32)7-4-2)16-10-12-19(13-11-16)33-24(28,29)30/h5,9-15H,3-4,6-7H2,1-2H3. The van der Waals surface area contributed by atoms with Gasteiger partial charge >= 0.3 is 12.5 Å². The van der Waals surface area contributed by atoms with Gasteiger partial charge in [-0.3, -0.25) is 0 Å². The fourth-order valence-electron chi connectivity index (χ4n) is 3.45. The van der Waals surface area contributed by atoms with Crippen LogP contribution < -0.4 is 4.74 Å². The quantitative estimate of drug-likeness (QED) is 0.309. The second-order valence-corrected chi connectivity index (χ2v) is 7.45. The molecule has 3 nitrogen and oxygen atoms in total. The summed E-state index contributed by atoms with van der Waals surface area (Å²) in [5.74, 6) is -0.361. The topological polar surface area (TPSA) is 27.1 Å². The Morgan fingerprint density at radius 2 is 1.64 bits per heavy atom. The third kappa shape index (κ3) is 6.20. The molecule has 0 radical (unpaired) electrons. The van der Waals surface area contributed by atoms with Gasteiger partial charge in [0.15, 0.2) is 0 Å². The van der Waals surface area contributed by atoms with Crippen molar-refractivity contribution >= 4 is 5.70 Å². The van der Waals surface area contributed by atoms with Gasteiger partial charge in [0.2, 0.25) is 0 Å². The first-order valence-corrected chi connectivity index (χ1v) is 10.4. The van der Waals surface area contributed by atoms with Gasteiger partial charge < -0.3 is 4.74 Å². The van der Waals surface area contributed by atoms with E-state index in [1.165, 1.54) is 35.0 Å². The van der Waals surface area contributed by atoms with Crippen molar-refractivity contribution in [1.82, 2.24) is 9.78 Å². The lowest BCUT2D eigenvalue weighted by atomic mass is 10.0. The third-order valence-electron chi connectivity index (χ3n) is 4.87. The average Bonchev–Trinajstić information content (AvgIpc) is 2.99. The molecular weight excluding hydrogens is 446 g/mol. The minimum Gasteiger partial charge on any atom is -0.406 e. The minimum atomic E-state index is -4.80. The van der Waals surface area contributed by atoms with Crippen LogP contribution in [0.1, 0.15) is 38.8 Å². The number of ether oxygens (including phenoxy) is 1. The molecule has 0 aliphatic heterocycles. The first-order valence-electron chi connectivity index (χ1n) is 10.4. The SMILES string of the molecule is CCCC1=C=CC=C(C(F)(F)F)C=C1n1cc(-c2ccc(OC(F)(F)F)cc2)c(CCC)n1. The highest BCUT2D eigenvalue weighted by atomic mass is 19.4. The fourth-order valence-corrected chi connectivity index (χ4v) is 3.45. The van der Waals surface area contributed by atoms with E-state index >= 15 is 0 Å². The van der Waals surface area contributed by atoms with Crippen molar-refractivity contribution in [2.24, 2.45) is 0 Å². The minimum absolute atomic E-state index is 0.259. The molecule has 1 aromatic carbocycles. The maximum atomic E-state index is 13.5. The van der Waals surface area contributed by atoms with Gasteiger partial charge in [0.25, 0.3) is 0 Å². The molecule has 0 N–H and O–H groups in total. The van der Waals surface area contributed by atoms with E-state index < -0.39 is 18.1 Å². The van der Waals surface area contributed by atoms with Crippen LogP contribution in [0, 0.1) is 0 Å². The van der Waals surface area contributed by atoms with Crippen molar-refractivity contribution in [3.63, 3.8) is 0 Å². The van der Waals surface area contributed by atoms with Gasteiger partial charge in [-0.2, -0.15) is 18.3 Å². The number of aryl methyl sites for hydroxylation is 1. The molecule has 0 amide bonds. The summed E-state index contributed by atoms with van der Waals surface area (Å²) in [6, 6.07) is 5.31. The van der Waals surface area contributed by atoms with Crippen LogP contribution in [0.2, 0.25) is 0 Å². The summed E-state index contributed by atoms with van der Waals surface area (Å²) in [5.41, 5.74) is 4.78. The highest BCUT2D eigenvalue weighted by Crippen LogP contribution is 2.34. The number of nitrogens with zero attached hydrogens (tertiary/aromatic N) is 2. The summed E-state index contributed by atoms with van der Waals surface area (Å²) in [4.78, 5) is 0. The molecule has 0 bridgehead atoms. The maximum Gasteiger partial charge on any atom is 0.573 e. The Hall–Kier alpha value is -3.19. The maximum absolute atomic E-state index is 13.5. The molecule has 9 heteroatoms. The molecule has 1 aliphatic rings. The zero-order valence-corrected chi connectivity index (χ0v) is 18.0. The van der Waals surface area contributed by atoms with Gasteiger partial charge in [0.05, 0.1) is 17.0 Å². The Balaban J connectivity index is 2.07. The van der Waals surface area contributed by atoms with Crippen molar-refractivity contribution in [2.75, 3.05) is 0 Å². The van der Waals surface area contributed by atoms with E-state index in [1.807, 2.05) is 13.8 Å². The summed E-state index contributed by atoms with van der Waals surface area (Å²) in [6.45, 7) is 3.85. The van der Waals surface area contributed by atoms with Crippen LogP contribution in [-0.4, -0.2) is 22.3 Å². The summed E-state index contributed by atoms with van der Waals surface area (Å²) in [5, 5.41) is 4.54. The predicted octanol–water partition coefficient (Wildman–Crippen LogP) is 7.63. The van der Waals surface area contributed by atoms with E-state index in [1.54, 1.807) is 6.20 Å². The number of benzene rings is 1. The van der Waals surface area contributed by atoms with E-state index in [9.17, 15) is 26.3 Å². The Morgan fingerprint density at radius 1 is 0.970 bits per heavy atom. The van der Waals surface area contributed by atoms with Crippen LogP contribution in [-0.2, 0) is 6.42 Å². The summed E-state index contributed by atoms with van der Waals surface area (Å²) in [6.07, 6.45) is -1.99. The summed E-state index contributed by atoms with van der Waals surface area (Å²) in [7, 11) is 0. The Bertz CT molecular complexity index is 1110. The molecule has 0 spiro atoms. The van der Waals surface area contributed by atoms with Gasteiger partial charge in [-0.25, -0.2) is 4.68 Å². The first-order chi connectivity index (χ1) is 15.5. The van der Waals surface area contributed by atoms with Crippen LogP contribution in [0.15, 0.2) is 65.6 Å². The zero-order chi connectivity index (χ0) is 24.2. The fraction of sp³-hybridized carbons (Fsp3) is 0.333. The van der Waals surface area contributed by atoms with E-state index in [2.05, 4.69) is 15.6 Å². The first kappa shape index (κ1) is 24.5. The van der Waals surface area contributed by atoms with Crippen LogP contribution in [0.3, 0.4) is 0 Å². The number of hydrogen-bond acceptors (Lipinski definition) is 2. The number of rotatable bonds is 7. The second kappa shape index (κ2) is 9.75. The highest BCUT2D eigenvalue weighted by molar-refractivity contribution is 5.72. The highest BCUT2D eigenvalue weighted by Gasteiger charge is 2.33. The molecule has 33 heavy (non-hydrogen) atoms. The molecular formula is C24H22F6N2O. The monoisotopic (exact) mass is 468 g/mol. The van der Waals surface area contributed by atoms with Crippen molar-refractivity contribution in [3.05, 3.63) is 71.3 Å². The number of alkyl halides is 6. The molecule has 2 aromatic rings. The van der Waals surface area contributed by atoms with Gasteiger partial charge in [0.1, 0.15) is 5.75 Å². The van der Waals surface area contributed by atoms with Crippen LogP contribution in [0.4, 0.5) is 26.3 Å². The Kier molecular flexibility index (Phi) is 7.22. The van der Waals surface area contributed by atoms with Gasteiger partial charge in [-0.15, -0.1) is 18.9 Å². The number of hydrogen-bond donors (Lipinski definition) is 0. The molecule has 0 atom stereocenters. The molecule has 3 rings (SSSR count). The zero-order valence-electron chi connectivity index (χ0n) is 18.0. The molecule has 0 fully saturated rings. The summed E-state index contributed by atoms with van der Waals surface area (Å²) >= 11 is 0. The largest absolute Gasteiger partial charge is 0.573 e. The summed E-state index contributed by atoms with van der Waals surface area (Å²) < 4.78 is 83.0. The van der Waals surface area contributed by atoms with Gasteiger partial charge in [0, 0.05) is 17.3 Å². The predicted molar refractivity (Wildman–Crippen MR) is 113 cm³/mol. The molecule has 1 aliphatic carbocycles. The molecule has 0 saturated heterocycles. The van der Waals surface area contributed by atoms with Crippen molar-refractivity contribution in [2.45, 2.75) is 52.1 Å². The second-order valence-electron chi connectivity index (χ2n) is 7.45. The molecule has 0 saturated carbocycles. The molecule has 1 heterocycles. The Labute approximate surface area is 187 Å². The smallest absolute Gasteiger partial charge is 0.406 e. The van der Waals surface area contributed by atoms with Crippen LogP contribution >= 0.6 is 0 Å². The normalized spacial score (nSPS) is 14.5. The van der Waals surface area contributed by atoms with Crippen molar-refractivity contribution < 1.29 is 31.1 Å². The van der Waals surface area contributed by atoms with Crippen molar-refractivity contribution in [3.8, 4) is 16.9 Å². The van der Waals surface area contributed by atoms with Crippen LogP contribution in [0.5, 0.6) is 5.75 Å². The lowest BCUT2D eigenvalue weighted by molar-refractivity contribution is -0.274. The molecule has 0 unspecified atom stereocenters. The van der Waals surface area contributed by atoms with Gasteiger partial charge in [-0.1, -0.05) is 38.8 Å². The lowest BCUT2D eigenvalue weighted by Crippen LogP contribution is -2.16. The third-order valence-corrected chi connectivity index (χ3v) is 4.87. The van der Waals surface area contributed by atoms with E-state index in [-0.39, 0.29) is 11.4 Å². The lowest BCUT2D eigenvalue weighted by Gasteiger charge is -2.12. The van der Waals surface area contributed by atoms with E-state index in [4.69, 9.17) is 0 Å².